The van der Waals surface area contributed by atoms with Crippen LogP contribution < -0.4 is 4.90 Å². The molecule has 0 fully saturated rings. The number of carbonyl (C=O) groups is 2. The summed E-state index contributed by atoms with van der Waals surface area (Å²) in [7, 11) is 0. The maximum Gasteiger partial charge on any atom is 0.416 e. The Bertz CT molecular complexity index is 1550. The number of Topliss-reactive ketones (excluding diaryl/α,β-unsaturated/α-hetero) is 1. The average molecular weight is 589 g/mol. The lowest BCUT2D eigenvalue weighted by atomic mass is 9.69. The van der Waals surface area contributed by atoms with Gasteiger partial charge in [-0.05, 0) is 29.0 Å². The Balaban J connectivity index is 1.46. The number of rotatable bonds is 6. The van der Waals surface area contributed by atoms with Crippen molar-refractivity contribution in [3.05, 3.63) is 86.6 Å². The number of amides is 1. The van der Waals surface area contributed by atoms with Crippen LogP contribution in [0, 0.1) is 15.5 Å². The van der Waals surface area contributed by atoms with Crippen molar-refractivity contribution in [3.8, 4) is 0 Å². The van der Waals surface area contributed by atoms with Crippen LogP contribution in [0.2, 0.25) is 0 Å². The topological polar surface area (TPSA) is 106 Å². The number of hydrogen-bond donors (Lipinski definition) is 0. The van der Waals surface area contributed by atoms with Crippen molar-refractivity contribution in [2.75, 3.05) is 4.90 Å². The molecule has 2 heterocycles. The van der Waals surface area contributed by atoms with E-state index in [2.05, 4.69) is 10.2 Å². The molecule has 5 rings (SSSR count). The molecule has 0 saturated carbocycles. The lowest BCUT2D eigenvalue weighted by Crippen LogP contribution is -2.43. The number of allylic oxidation sites excluding steroid dienone is 2. The van der Waals surface area contributed by atoms with Crippen LogP contribution in [0.5, 0.6) is 0 Å². The highest BCUT2D eigenvalue weighted by atomic mass is 32.2. The molecule has 0 N–H and O–H groups in total. The second kappa shape index (κ2) is 10.4. The smallest absolute Gasteiger partial charge is 0.294 e. The molecule has 0 bridgehead atoms. The van der Waals surface area contributed by atoms with Crippen molar-refractivity contribution in [1.82, 2.24) is 10.2 Å². The van der Waals surface area contributed by atoms with Gasteiger partial charge in [-0.2, -0.15) is 13.2 Å². The van der Waals surface area contributed by atoms with Gasteiger partial charge in [-0.15, -0.1) is 10.2 Å². The summed E-state index contributed by atoms with van der Waals surface area (Å²) < 4.78 is 39.7. The van der Waals surface area contributed by atoms with Crippen LogP contribution in [-0.2, 0) is 21.5 Å². The van der Waals surface area contributed by atoms with E-state index in [0.717, 1.165) is 23.5 Å². The van der Waals surface area contributed by atoms with Crippen LogP contribution in [0.3, 0.4) is 0 Å². The highest BCUT2D eigenvalue weighted by Gasteiger charge is 2.45. The maximum atomic E-state index is 13.6. The third-order valence-electron chi connectivity index (χ3n) is 6.83. The minimum absolute atomic E-state index is 0.0710. The number of nitro benzene ring substituents is 1. The Morgan fingerprint density at radius 2 is 1.88 bits per heavy atom. The zero-order chi connectivity index (χ0) is 28.8. The SMILES string of the molecule is CC1(C)CC(=O)C2=C(C1)N(c1nnc(SCc3cccc(C(F)(F)F)c3)s1)C(=O)C[C@H]2c1cccc([N+](=O)[O-])c1. The highest BCUT2D eigenvalue weighted by Crippen LogP contribution is 2.49. The molecule has 1 atom stereocenters. The fourth-order valence-electron chi connectivity index (χ4n) is 5.11. The monoisotopic (exact) mass is 588 g/mol. The summed E-state index contributed by atoms with van der Waals surface area (Å²) in [6, 6.07) is 11.0. The molecule has 8 nitrogen and oxygen atoms in total. The molecule has 1 aliphatic heterocycles. The van der Waals surface area contributed by atoms with Crippen molar-refractivity contribution in [1.29, 1.82) is 0 Å². The van der Waals surface area contributed by atoms with E-state index in [4.69, 9.17) is 0 Å². The van der Waals surface area contributed by atoms with Crippen LogP contribution >= 0.6 is 23.1 Å². The van der Waals surface area contributed by atoms with Gasteiger partial charge < -0.3 is 0 Å². The largest absolute Gasteiger partial charge is 0.416 e. The van der Waals surface area contributed by atoms with Crippen LogP contribution in [0.1, 0.15) is 55.7 Å². The molecule has 1 aliphatic carbocycles. The lowest BCUT2D eigenvalue weighted by Gasteiger charge is -2.41. The number of nitrogens with zero attached hydrogens (tertiary/aromatic N) is 4. The second-order valence-corrected chi connectivity index (χ2v) is 12.7. The Morgan fingerprint density at radius 3 is 2.60 bits per heavy atom. The van der Waals surface area contributed by atoms with Crippen LogP contribution in [0.15, 0.2) is 64.1 Å². The molecule has 40 heavy (non-hydrogen) atoms. The minimum Gasteiger partial charge on any atom is -0.294 e. The summed E-state index contributed by atoms with van der Waals surface area (Å²) >= 11 is 2.32. The quantitative estimate of drug-likeness (QED) is 0.133. The molecule has 2 aliphatic rings. The van der Waals surface area contributed by atoms with Gasteiger partial charge in [0.1, 0.15) is 0 Å². The van der Waals surface area contributed by atoms with Crippen LogP contribution in [0.25, 0.3) is 0 Å². The zero-order valence-electron chi connectivity index (χ0n) is 21.4. The number of anilines is 1. The van der Waals surface area contributed by atoms with Gasteiger partial charge in [-0.3, -0.25) is 24.6 Å². The first-order valence-electron chi connectivity index (χ1n) is 12.3. The van der Waals surface area contributed by atoms with E-state index >= 15 is 0 Å². The van der Waals surface area contributed by atoms with E-state index in [1.807, 2.05) is 13.8 Å². The van der Waals surface area contributed by atoms with Gasteiger partial charge in [-0.25, -0.2) is 0 Å². The number of non-ortho nitro benzene ring substituents is 1. The number of alkyl halides is 3. The third kappa shape index (κ3) is 5.66. The number of ketones is 1. The zero-order valence-corrected chi connectivity index (χ0v) is 23.0. The molecule has 2 aromatic carbocycles. The summed E-state index contributed by atoms with van der Waals surface area (Å²) in [4.78, 5) is 39.3. The predicted molar refractivity (Wildman–Crippen MR) is 144 cm³/mol. The molecule has 1 aromatic heterocycles. The van der Waals surface area contributed by atoms with Crippen molar-refractivity contribution in [2.24, 2.45) is 5.41 Å². The molecular formula is C27H23F3N4O4S2. The van der Waals surface area contributed by atoms with Gasteiger partial charge in [-0.1, -0.05) is 67.3 Å². The molecule has 0 saturated heterocycles. The summed E-state index contributed by atoms with van der Waals surface area (Å²) in [5.41, 5.74) is 0.680. The van der Waals surface area contributed by atoms with Gasteiger partial charge in [0.2, 0.25) is 11.0 Å². The Morgan fingerprint density at radius 1 is 1.12 bits per heavy atom. The normalized spacial score (nSPS) is 19.1. The molecule has 0 unspecified atom stereocenters. The van der Waals surface area contributed by atoms with E-state index < -0.39 is 28.0 Å². The third-order valence-corrected chi connectivity index (χ3v) is 8.94. The van der Waals surface area contributed by atoms with E-state index in [1.54, 1.807) is 18.2 Å². The number of carbonyl (C=O) groups excluding carboxylic acids is 2. The van der Waals surface area contributed by atoms with Crippen molar-refractivity contribution in [2.45, 2.75) is 55.3 Å². The summed E-state index contributed by atoms with van der Waals surface area (Å²) in [6.45, 7) is 3.87. The van der Waals surface area contributed by atoms with Crippen LogP contribution in [-0.4, -0.2) is 26.8 Å². The molecule has 1 amide bonds. The number of aromatic nitrogens is 2. The standard InChI is InChI=1S/C27H23F3N4O4S2/c1-26(2)12-20-23(21(35)13-26)19(16-6-4-8-18(10-16)34(37)38)11-22(36)33(20)24-31-32-25(40-24)39-14-15-5-3-7-17(9-15)27(28,29)30/h3-10,19H,11-14H2,1-2H3/t19-/m0/s1. The van der Waals surface area contributed by atoms with E-state index in [9.17, 15) is 32.9 Å². The Labute approximate surface area is 235 Å². The predicted octanol–water partition coefficient (Wildman–Crippen LogP) is 6.92. The number of halogens is 3. The number of benzene rings is 2. The Kier molecular flexibility index (Phi) is 7.29. The summed E-state index contributed by atoms with van der Waals surface area (Å²) in [5, 5.41) is 20.0. The maximum absolute atomic E-state index is 13.6. The fraction of sp³-hybridized carbons (Fsp3) is 0.333. The molecule has 0 spiro atoms. The first-order valence-corrected chi connectivity index (χ1v) is 14.1. The molecule has 13 heteroatoms. The van der Waals surface area contributed by atoms with E-state index in [0.29, 0.717) is 33.2 Å². The lowest BCUT2D eigenvalue weighted by molar-refractivity contribution is -0.384. The molecular weight excluding hydrogens is 565 g/mol. The van der Waals surface area contributed by atoms with Crippen LogP contribution in [0.4, 0.5) is 24.0 Å². The van der Waals surface area contributed by atoms with Crippen molar-refractivity contribution >= 4 is 45.6 Å². The summed E-state index contributed by atoms with van der Waals surface area (Å²) in [6.07, 6.45) is -3.83. The van der Waals surface area contributed by atoms with Gasteiger partial charge in [0.25, 0.3) is 5.69 Å². The number of hydrogen-bond acceptors (Lipinski definition) is 8. The van der Waals surface area contributed by atoms with Gasteiger partial charge >= 0.3 is 6.18 Å². The first-order chi connectivity index (χ1) is 18.8. The van der Waals surface area contributed by atoms with Crippen molar-refractivity contribution < 1.29 is 27.7 Å². The van der Waals surface area contributed by atoms with E-state index in [1.165, 1.54) is 34.9 Å². The average Bonchev–Trinajstić information content (AvgIpc) is 3.34. The number of thioether (sulfide) groups is 1. The molecule has 3 aromatic rings. The van der Waals surface area contributed by atoms with Gasteiger partial charge in [0.05, 0.1) is 10.5 Å². The second-order valence-electron chi connectivity index (χ2n) is 10.5. The Hall–Kier alpha value is -3.58. The summed E-state index contributed by atoms with van der Waals surface area (Å²) in [5.74, 6) is -0.832. The van der Waals surface area contributed by atoms with Crippen molar-refractivity contribution in [3.63, 3.8) is 0 Å². The molecule has 208 valence electrons. The fourth-order valence-corrected chi connectivity index (χ4v) is 6.94. The highest BCUT2D eigenvalue weighted by molar-refractivity contribution is 8.00. The molecule has 0 radical (unpaired) electrons. The van der Waals surface area contributed by atoms with Gasteiger partial charge in [0, 0.05) is 47.9 Å². The minimum atomic E-state index is -4.44. The van der Waals surface area contributed by atoms with Gasteiger partial charge in [0.15, 0.2) is 10.1 Å². The van der Waals surface area contributed by atoms with E-state index in [-0.39, 0.29) is 41.1 Å². The number of nitro groups is 1. The first kappa shape index (κ1) is 28.0.